The maximum Gasteiger partial charge on any atom is 0.157 e. The highest BCUT2D eigenvalue weighted by atomic mass is 35.5. The van der Waals surface area contributed by atoms with E-state index in [4.69, 9.17) is 23.2 Å². The highest BCUT2D eigenvalue weighted by Crippen LogP contribution is 2.37. The number of phenols is 1. The third kappa shape index (κ3) is 3.03. The molecule has 3 N–H and O–H groups in total. The van der Waals surface area contributed by atoms with Crippen molar-refractivity contribution in [2.24, 2.45) is 0 Å². The van der Waals surface area contributed by atoms with E-state index in [1.807, 2.05) is 30.3 Å². The molecule has 22 heavy (non-hydrogen) atoms. The molecule has 0 aliphatic heterocycles. The van der Waals surface area contributed by atoms with Gasteiger partial charge < -0.3 is 15.4 Å². The lowest BCUT2D eigenvalue weighted by atomic mass is 10.0. The molecular formula is C16H13Cl2N3O. The standard InChI is InChI=1S/C16H13Cl2N3O/c17-11-6-12(18)16(22)13(7-11)21-15(14-8-19-9-20-14)10-4-2-1-3-5-10/h1-9,15,21-22H,(H,19,20). The summed E-state index contributed by atoms with van der Waals surface area (Å²) in [5, 5.41) is 14.0. The summed E-state index contributed by atoms with van der Waals surface area (Å²) < 4.78 is 0. The molecule has 0 aliphatic carbocycles. The monoisotopic (exact) mass is 333 g/mol. The Balaban J connectivity index is 2.02. The van der Waals surface area contributed by atoms with Gasteiger partial charge in [-0.25, -0.2) is 4.98 Å². The van der Waals surface area contributed by atoms with E-state index in [0.29, 0.717) is 10.7 Å². The molecule has 3 rings (SSSR count). The molecule has 0 saturated heterocycles. The number of hydrogen-bond donors (Lipinski definition) is 3. The zero-order chi connectivity index (χ0) is 15.5. The molecule has 1 aromatic heterocycles. The number of nitrogens with zero attached hydrogens (tertiary/aromatic N) is 1. The van der Waals surface area contributed by atoms with Gasteiger partial charge >= 0.3 is 0 Å². The first-order chi connectivity index (χ1) is 10.6. The van der Waals surface area contributed by atoms with Gasteiger partial charge in [-0.3, -0.25) is 0 Å². The first kappa shape index (κ1) is 14.8. The summed E-state index contributed by atoms with van der Waals surface area (Å²) in [6.07, 6.45) is 3.34. The van der Waals surface area contributed by atoms with Crippen molar-refractivity contribution < 1.29 is 5.11 Å². The van der Waals surface area contributed by atoms with Crippen molar-refractivity contribution >= 4 is 28.9 Å². The molecule has 0 aliphatic rings. The normalized spacial score (nSPS) is 12.1. The average Bonchev–Trinajstić information content (AvgIpc) is 3.04. The van der Waals surface area contributed by atoms with E-state index in [1.165, 1.54) is 6.07 Å². The zero-order valence-corrected chi connectivity index (χ0v) is 12.9. The van der Waals surface area contributed by atoms with Crippen LogP contribution in [0.2, 0.25) is 10.0 Å². The van der Waals surface area contributed by atoms with Crippen LogP contribution in [0, 0.1) is 0 Å². The quantitative estimate of drug-likeness (QED) is 0.610. The van der Waals surface area contributed by atoms with Crippen molar-refractivity contribution in [3.8, 4) is 5.75 Å². The number of aromatic hydroxyl groups is 1. The number of halogens is 2. The second-order valence-electron chi connectivity index (χ2n) is 4.78. The van der Waals surface area contributed by atoms with Gasteiger partial charge in [0.2, 0.25) is 0 Å². The van der Waals surface area contributed by atoms with E-state index >= 15 is 0 Å². The van der Waals surface area contributed by atoms with E-state index in [-0.39, 0.29) is 16.8 Å². The second-order valence-corrected chi connectivity index (χ2v) is 5.62. The predicted molar refractivity (Wildman–Crippen MR) is 88.6 cm³/mol. The van der Waals surface area contributed by atoms with Crippen LogP contribution < -0.4 is 5.32 Å². The minimum absolute atomic E-state index is 0.0356. The number of rotatable bonds is 4. The molecule has 6 heteroatoms. The minimum atomic E-state index is -0.218. The molecule has 0 saturated carbocycles. The van der Waals surface area contributed by atoms with E-state index in [0.717, 1.165) is 11.3 Å². The van der Waals surface area contributed by atoms with Crippen LogP contribution >= 0.6 is 23.2 Å². The molecule has 1 atom stereocenters. The van der Waals surface area contributed by atoms with E-state index in [9.17, 15) is 5.11 Å². The lowest BCUT2D eigenvalue weighted by Crippen LogP contribution is -2.13. The lowest BCUT2D eigenvalue weighted by molar-refractivity contribution is 0.477. The van der Waals surface area contributed by atoms with Gasteiger partial charge in [-0.2, -0.15) is 0 Å². The van der Waals surface area contributed by atoms with Gasteiger partial charge in [0.25, 0.3) is 0 Å². The Morgan fingerprint density at radius 1 is 1.14 bits per heavy atom. The number of H-pyrrole nitrogens is 1. The van der Waals surface area contributed by atoms with Gasteiger partial charge in [0, 0.05) is 5.02 Å². The Kier molecular flexibility index (Phi) is 4.22. The van der Waals surface area contributed by atoms with Gasteiger partial charge in [-0.05, 0) is 17.7 Å². The smallest absolute Gasteiger partial charge is 0.157 e. The van der Waals surface area contributed by atoms with Crippen LogP contribution in [0.1, 0.15) is 17.3 Å². The summed E-state index contributed by atoms with van der Waals surface area (Å²) >= 11 is 12.0. The third-order valence-corrected chi connectivity index (χ3v) is 3.80. The topological polar surface area (TPSA) is 60.9 Å². The Morgan fingerprint density at radius 2 is 1.91 bits per heavy atom. The number of imidazole rings is 1. The van der Waals surface area contributed by atoms with Gasteiger partial charge in [0.15, 0.2) is 5.75 Å². The molecule has 0 amide bonds. The van der Waals surface area contributed by atoms with E-state index in [2.05, 4.69) is 15.3 Å². The van der Waals surface area contributed by atoms with Crippen molar-refractivity contribution in [2.45, 2.75) is 6.04 Å². The van der Waals surface area contributed by atoms with Crippen LogP contribution in [0.5, 0.6) is 5.75 Å². The van der Waals surface area contributed by atoms with Crippen molar-refractivity contribution in [2.75, 3.05) is 5.32 Å². The van der Waals surface area contributed by atoms with Gasteiger partial charge in [-0.15, -0.1) is 0 Å². The molecule has 0 spiro atoms. The number of anilines is 1. The SMILES string of the molecule is Oc1c(Cl)cc(Cl)cc1NC(c1ccccc1)c1cnc[nH]1. The van der Waals surface area contributed by atoms with Crippen molar-refractivity contribution in [3.63, 3.8) is 0 Å². The van der Waals surface area contributed by atoms with Crippen molar-refractivity contribution in [1.29, 1.82) is 0 Å². The minimum Gasteiger partial charge on any atom is -0.504 e. The number of phenolic OH excluding ortho intramolecular Hbond substituents is 1. The molecule has 112 valence electrons. The highest BCUT2D eigenvalue weighted by molar-refractivity contribution is 6.36. The number of benzene rings is 2. The van der Waals surface area contributed by atoms with Crippen molar-refractivity contribution in [1.82, 2.24) is 9.97 Å². The maximum absolute atomic E-state index is 10.1. The first-order valence-corrected chi connectivity index (χ1v) is 7.38. The predicted octanol–water partition coefficient (Wildman–Crippen LogP) is 4.62. The molecular weight excluding hydrogens is 321 g/mol. The van der Waals surface area contributed by atoms with E-state index in [1.54, 1.807) is 18.6 Å². The van der Waals surface area contributed by atoms with Crippen molar-refractivity contribution in [3.05, 3.63) is 76.3 Å². The van der Waals surface area contributed by atoms with Gasteiger partial charge in [-0.1, -0.05) is 53.5 Å². The lowest BCUT2D eigenvalue weighted by Gasteiger charge is -2.20. The number of hydrogen-bond acceptors (Lipinski definition) is 3. The Hall–Kier alpha value is -2.17. The molecule has 1 heterocycles. The second kappa shape index (κ2) is 6.30. The number of aromatic amines is 1. The van der Waals surface area contributed by atoms with Crippen LogP contribution in [0.15, 0.2) is 55.0 Å². The maximum atomic E-state index is 10.1. The Morgan fingerprint density at radius 3 is 2.59 bits per heavy atom. The fraction of sp³-hybridized carbons (Fsp3) is 0.0625. The summed E-state index contributed by atoms with van der Waals surface area (Å²) in [4.78, 5) is 7.14. The van der Waals surface area contributed by atoms with Crippen LogP contribution in [0.3, 0.4) is 0 Å². The average molecular weight is 334 g/mol. The molecule has 0 bridgehead atoms. The van der Waals surface area contributed by atoms with Crippen LogP contribution in [-0.4, -0.2) is 15.1 Å². The summed E-state index contributed by atoms with van der Waals surface area (Å²) in [7, 11) is 0. The van der Waals surface area contributed by atoms with Gasteiger partial charge in [0.1, 0.15) is 0 Å². The van der Waals surface area contributed by atoms with Gasteiger partial charge in [0.05, 0.1) is 35.0 Å². The molecule has 3 aromatic rings. The molecule has 4 nitrogen and oxygen atoms in total. The number of nitrogens with one attached hydrogen (secondary N) is 2. The molecule has 0 radical (unpaired) electrons. The molecule has 2 aromatic carbocycles. The largest absolute Gasteiger partial charge is 0.504 e. The number of aromatic nitrogens is 2. The third-order valence-electron chi connectivity index (χ3n) is 3.29. The van der Waals surface area contributed by atoms with Crippen LogP contribution in [0.4, 0.5) is 5.69 Å². The fourth-order valence-corrected chi connectivity index (χ4v) is 2.74. The summed E-state index contributed by atoms with van der Waals surface area (Å²) in [6, 6.07) is 12.7. The van der Waals surface area contributed by atoms with Crippen LogP contribution in [-0.2, 0) is 0 Å². The molecule has 1 unspecified atom stereocenters. The first-order valence-electron chi connectivity index (χ1n) is 6.63. The Labute approximate surface area is 137 Å². The summed E-state index contributed by atoms with van der Waals surface area (Å²) in [5.41, 5.74) is 2.34. The van der Waals surface area contributed by atoms with E-state index < -0.39 is 0 Å². The Bertz CT molecular complexity index is 761. The summed E-state index contributed by atoms with van der Waals surface area (Å²) in [6.45, 7) is 0. The highest BCUT2D eigenvalue weighted by Gasteiger charge is 2.18. The molecule has 0 fully saturated rings. The summed E-state index contributed by atoms with van der Waals surface area (Å²) in [5.74, 6) is -0.0356. The van der Waals surface area contributed by atoms with Crippen LogP contribution in [0.25, 0.3) is 0 Å². The fourth-order valence-electron chi connectivity index (χ4n) is 2.24. The zero-order valence-electron chi connectivity index (χ0n) is 11.4.